The molecule has 1 heterocycles. The van der Waals surface area contributed by atoms with E-state index in [1.807, 2.05) is 0 Å². The lowest BCUT2D eigenvalue weighted by molar-refractivity contribution is -0.400. The molecule has 0 saturated heterocycles. The van der Waals surface area contributed by atoms with E-state index in [1.54, 1.807) is 10.6 Å². The molecule has 1 aromatic heterocycles. The molecule has 0 radical (unpaired) electrons. The van der Waals surface area contributed by atoms with Gasteiger partial charge in [0.2, 0.25) is 23.0 Å². The number of hydrogen-bond acceptors (Lipinski definition) is 21. The van der Waals surface area contributed by atoms with Crippen molar-refractivity contribution >= 4 is 79.9 Å². The molecule has 0 aliphatic heterocycles. The number of hydrogen-bond donors (Lipinski definition) is 4. The van der Waals surface area contributed by atoms with E-state index < -0.39 is 119 Å². The van der Waals surface area contributed by atoms with Gasteiger partial charge < -0.3 is 22.1 Å². The molecule has 0 bridgehead atoms. The molecule has 0 saturated carbocycles. The number of rotatable bonds is 12. The topological polar surface area (TPSA) is 434 Å². The monoisotopic (exact) mass is 651 g/mol. The summed E-state index contributed by atoms with van der Waals surface area (Å²) in [7, 11) is 0. The molecule has 0 atom stereocenters. The number of nitrogens with two attached hydrogens (primary N) is 2. The van der Waals surface area contributed by atoms with E-state index in [9.17, 15) is 80.9 Å². The zero-order valence-electron chi connectivity index (χ0n) is 21.4. The van der Waals surface area contributed by atoms with Crippen LogP contribution in [0.3, 0.4) is 0 Å². The highest BCUT2D eigenvalue weighted by atomic mass is 16.7. The highest BCUT2D eigenvalue weighted by Crippen LogP contribution is 2.49. The van der Waals surface area contributed by atoms with E-state index in [1.165, 1.54) is 0 Å². The van der Waals surface area contributed by atoms with E-state index in [0.717, 1.165) is 0 Å². The standard InChI is InChI=1S/C17H9N13O16/c18-10-4(23(31)32)1-6(25(35)36)12(14(10)29(43)44)20-16-8(27(39)40)3-9(28(41)42)17(22-16)21-13-7(26(37)38)2-5(24(33)34)11(19)15(13)30(45)46/h1-3H,18-19H2,(H2,20,21,22). The van der Waals surface area contributed by atoms with Crippen LogP contribution in [0.25, 0.3) is 0 Å². The van der Waals surface area contributed by atoms with Gasteiger partial charge in [-0.3, -0.25) is 80.9 Å². The predicted octanol–water partition coefficient (Wildman–Crippen LogP) is 3.00. The van der Waals surface area contributed by atoms with E-state index >= 15 is 0 Å². The van der Waals surface area contributed by atoms with Crippen molar-refractivity contribution in [3.8, 4) is 0 Å². The van der Waals surface area contributed by atoms with Gasteiger partial charge in [-0.15, -0.1) is 0 Å². The smallest absolute Gasteiger partial charge is 0.329 e. The maximum absolute atomic E-state index is 11.8. The zero-order chi connectivity index (χ0) is 34.9. The minimum Gasteiger partial charge on any atom is -0.387 e. The summed E-state index contributed by atoms with van der Waals surface area (Å²) in [4.78, 5) is 85.3. The van der Waals surface area contributed by atoms with Gasteiger partial charge in [-0.2, -0.15) is 4.98 Å². The molecule has 3 aromatic rings. The Morgan fingerprint density at radius 1 is 0.435 bits per heavy atom. The summed E-state index contributed by atoms with van der Waals surface area (Å²) >= 11 is 0. The molecule has 6 N–H and O–H groups in total. The van der Waals surface area contributed by atoms with Crippen LogP contribution in [0.2, 0.25) is 0 Å². The number of nitrogens with one attached hydrogen (secondary N) is 2. The summed E-state index contributed by atoms with van der Waals surface area (Å²) in [5.74, 6) is -2.70. The van der Waals surface area contributed by atoms with Gasteiger partial charge in [0.15, 0.2) is 11.4 Å². The van der Waals surface area contributed by atoms with Crippen LogP contribution < -0.4 is 22.1 Å². The fourth-order valence-electron chi connectivity index (χ4n) is 3.72. The molecule has 0 fully saturated rings. The molecule has 3 rings (SSSR count). The second kappa shape index (κ2) is 11.7. The van der Waals surface area contributed by atoms with Crippen molar-refractivity contribution in [1.82, 2.24) is 4.98 Å². The van der Waals surface area contributed by atoms with E-state index in [2.05, 4.69) is 4.98 Å². The number of aromatic nitrogens is 1. The fourth-order valence-corrected chi connectivity index (χ4v) is 3.72. The van der Waals surface area contributed by atoms with Crippen LogP contribution in [0.1, 0.15) is 0 Å². The molecule has 46 heavy (non-hydrogen) atoms. The Balaban J connectivity index is 2.46. The van der Waals surface area contributed by atoms with Gasteiger partial charge in [-0.25, -0.2) is 0 Å². The second-order valence-corrected chi connectivity index (χ2v) is 8.13. The SMILES string of the molecule is Nc1c([N+](=O)[O-])cc([N+](=O)[O-])c(Nc2nc(Nc3c([N+](=O)[O-])cc([N+](=O)[O-])c(N)c3[N+](=O)[O-])c([N+](=O)[O-])cc2[N+](=O)[O-])c1[N+](=O)[O-]. The Bertz CT molecular complexity index is 1830. The average molecular weight is 651 g/mol. The molecule has 2 aromatic carbocycles. The number of anilines is 6. The molecule has 0 unspecified atom stereocenters. The third kappa shape index (κ3) is 5.69. The normalized spacial score (nSPS) is 10.4. The van der Waals surface area contributed by atoms with Gasteiger partial charge in [-0.05, 0) is 0 Å². The van der Waals surface area contributed by atoms with E-state index in [-0.39, 0.29) is 18.2 Å². The van der Waals surface area contributed by atoms with Gasteiger partial charge in [0, 0.05) is 0 Å². The maximum Gasteiger partial charge on any atom is 0.329 e. The van der Waals surface area contributed by atoms with Crippen LogP contribution in [-0.2, 0) is 0 Å². The summed E-state index contributed by atoms with van der Waals surface area (Å²) in [6.07, 6.45) is 0. The Morgan fingerprint density at radius 2 is 0.696 bits per heavy atom. The number of nitro groups is 8. The first-order valence-electron chi connectivity index (χ1n) is 11.0. The van der Waals surface area contributed by atoms with Crippen molar-refractivity contribution in [2.75, 3.05) is 22.1 Å². The molecule has 0 aliphatic carbocycles. The van der Waals surface area contributed by atoms with Crippen molar-refractivity contribution < 1.29 is 39.4 Å². The number of nitrogen functional groups attached to an aromatic ring is 2. The Labute approximate surface area is 246 Å². The average Bonchev–Trinajstić information content (AvgIpc) is 2.91. The van der Waals surface area contributed by atoms with Crippen molar-refractivity contribution in [2.45, 2.75) is 0 Å². The molecular formula is C17H9N13O16. The maximum atomic E-state index is 11.8. The van der Waals surface area contributed by atoms with Gasteiger partial charge >= 0.3 is 45.5 Å². The van der Waals surface area contributed by atoms with E-state index in [0.29, 0.717) is 0 Å². The van der Waals surface area contributed by atoms with Gasteiger partial charge in [-0.1, -0.05) is 0 Å². The van der Waals surface area contributed by atoms with Crippen LogP contribution >= 0.6 is 0 Å². The van der Waals surface area contributed by atoms with Crippen LogP contribution in [0.5, 0.6) is 0 Å². The van der Waals surface area contributed by atoms with Crippen LogP contribution in [0.15, 0.2) is 18.2 Å². The first-order chi connectivity index (χ1) is 21.3. The lowest BCUT2D eigenvalue weighted by Crippen LogP contribution is -2.11. The van der Waals surface area contributed by atoms with Gasteiger partial charge in [0.05, 0.1) is 51.5 Å². The zero-order valence-corrected chi connectivity index (χ0v) is 21.4. The van der Waals surface area contributed by atoms with Gasteiger partial charge in [0.25, 0.3) is 0 Å². The summed E-state index contributed by atoms with van der Waals surface area (Å²) in [6.45, 7) is 0. The minimum absolute atomic E-state index is 0.0660. The molecule has 238 valence electrons. The largest absolute Gasteiger partial charge is 0.387 e. The highest BCUT2D eigenvalue weighted by Gasteiger charge is 2.40. The minimum atomic E-state index is -1.58. The summed E-state index contributed by atoms with van der Waals surface area (Å²) in [5, 5.41) is 96.6. The van der Waals surface area contributed by atoms with Crippen molar-refractivity contribution in [2.24, 2.45) is 0 Å². The molecule has 29 heteroatoms. The second-order valence-electron chi connectivity index (χ2n) is 8.13. The van der Waals surface area contributed by atoms with Crippen LogP contribution in [0, 0.1) is 80.9 Å². The number of nitrogens with zero attached hydrogens (tertiary/aromatic N) is 9. The number of nitro benzene ring substituents is 6. The third-order valence-corrected chi connectivity index (χ3v) is 5.61. The fraction of sp³-hybridized carbons (Fsp3) is 0. The first kappa shape index (κ1) is 32.5. The predicted molar refractivity (Wildman–Crippen MR) is 146 cm³/mol. The summed E-state index contributed by atoms with van der Waals surface area (Å²) < 4.78 is 0. The Kier molecular flexibility index (Phi) is 8.27. The highest BCUT2D eigenvalue weighted by molar-refractivity contribution is 5.94. The van der Waals surface area contributed by atoms with Crippen LogP contribution in [-0.4, -0.2) is 44.4 Å². The number of benzene rings is 2. The molecule has 0 amide bonds. The first-order valence-corrected chi connectivity index (χ1v) is 11.0. The van der Waals surface area contributed by atoms with Gasteiger partial charge in [0.1, 0.15) is 6.07 Å². The van der Waals surface area contributed by atoms with Crippen LogP contribution in [0.4, 0.5) is 79.9 Å². The van der Waals surface area contributed by atoms with Crippen molar-refractivity contribution in [1.29, 1.82) is 0 Å². The lowest BCUT2D eigenvalue weighted by atomic mass is 10.1. The third-order valence-electron chi connectivity index (χ3n) is 5.61. The molecule has 0 aliphatic rings. The summed E-state index contributed by atoms with van der Waals surface area (Å²) in [6, 6.07) is 0.331. The number of pyridine rings is 1. The lowest BCUT2D eigenvalue weighted by Gasteiger charge is -2.12. The Morgan fingerprint density at radius 3 is 0.935 bits per heavy atom. The molecule has 0 spiro atoms. The summed E-state index contributed by atoms with van der Waals surface area (Å²) in [5.41, 5.74) is -6.14. The quantitative estimate of drug-likeness (QED) is 0.124. The Hall–Kier alpha value is -8.01. The van der Waals surface area contributed by atoms with Crippen molar-refractivity contribution in [3.05, 3.63) is 99.1 Å². The molecule has 29 nitrogen and oxygen atoms in total. The van der Waals surface area contributed by atoms with E-state index in [4.69, 9.17) is 11.5 Å². The van der Waals surface area contributed by atoms with Crippen molar-refractivity contribution in [3.63, 3.8) is 0 Å². The molecular weight excluding hydrogens is 642 g/mol.